The Morgan fingerprint density at radius 1 is 1.19 bits per heavy atom. The Kier molecular flexibility index (Phi) is 5.61. The van der Waals surface area contributed by atoms with Gasteiger partial charge in [0.25, 0.3) is 0 Å². The molecule has 4 nitrogen and oxygen atoms in total. The number of carbonyl (C=O) groups is 2. The predicted octanol–water partition coefficient (Wildman–Crippen LogP) is 1.71. The van der Waals surface area contributed by atoms with Crippen LogP contribution in [0.1, 0.15) is 38.5 Å². The molecule has 1 rings (SSSR count). The summed E-state index contributed by atoms with van der Waals surface area (Å²) in [5.41, 5.74) is 0. The lowest BCUT2D eigenvalue weighted by molar-refractivity contribution is -0.137. The highest BCUT2D eigenvalue weighted by molar-refractivity contribution is 5.79. The van der Waals surface area contributed by atoms with Gasteiger partial charge in [0.2, 0.25) is 5.91 Å². The maximum absolute atomic E-state index is 11.5. The van der Waals surface area contributed by atoms with Crippen molar-refractivity contribution in [3.05, 3.63) is 12.2 Å². The first-order valence-corrected chi connectivity index (χ1v) is 5.84. The minimum absolute atomic E-state index is 0.124. The van der Waals surface area contributed by atoms with Crippen molar-refractivity contribution in [3.63, 3.8) is 0 Å². The molecule has 0 aromatic heterocycles. The molecule has 0 aliphatic heterocycles. The van der Waals surface area contributed by atoms with E-state index in [1.165, 1.54) is 0 Å². The maximum Gasteiger partial charge on any atom is 0.303 e. The minimum Gasteiger partial charge on any atom is -0.481 e. The molecule has 1 amide bonds. The Hall–Kier alpha value is -1.32. The molecule has 2 N–H and O–H groups in total. The van der Waals surface area contributed by atoms with Crippen LogP contribution in [0, 0.1) is 5.92 Å². The second-order valence-electron chi connectivity index (χ2n) is 4.14. The van der Waals surface area contributed by atoms with Crippen molar-refractivity contribution in [2.24, 2.45) is 5.92 Å². The number of hydrogen-bond acceptors (Lipinski definition) is 2. The molecular weight excluding hydrogens is 206 g/mol. The van der Waals surface area contributed by atoms with Crippen LogP contribution in [-0.4, -0.2) is 23.5 Å². The number of rotatable bonds is 7. The average molecular weight is 225 g/mol. The van der Waals surface area contributed by atoms with Gasteiger partial charge in [0.1, 0.15) is 0 Å². The molecular formula is C12H19NO3. The molecule has 0 radical (unpaired) electrons. The third-order valence-electron chi connectivity index (χ3n) is 2.75. The summed E-state index contributed by atoms with van der Waals surface area (Å²) in [6.45, 7) is 0.662. The van der Waals surface area contributed by atoms with Crippen LogP contribution in [0.4, 0.5) is 0 Å². The van der Waals surface area contributed by atoms with E-state index in [0.29, 0.717) is 13.0 Å². The zero-order valence-corrected chi connectivity index (χ0v) is 9.45. The number of carboxylic acid groups (broad SMARTS) is 1. The number of unbranched alkanes of at least 4 members (excludes halogenated alkanes) is 2. The third kappa shape index (κ3) is 4.96. The standard InChI is InChI=1S/C12H19NO3/c14-11(15)8-2-1-5-9-13-12(16)10-6-3-4-7-10/h3-4,10H,1-2,5-9H2,(H,13,16)(H,14,15). The van der Waals surface area contributed by atoms with Crippen LogP contribution in [0.3, 0.4) is 0 Å². The topological polar surface area (TPSA) is 66.4 Å². The molecule has 0 bridgehead atoms. The van der Waals surface area contributed by atoms with Crippen molar-refractivity contribution in [2.45, 2.75) is 38.5 Å². The summed E-state index contributed by atoms with van der Waals surface area (Å²) < 4.78 is 0. The Morgan fingerprint density at radius 2 is 1.88 bits per heavy atom. The number of amides is 1. The molecule has 0 fully saturated rings. The highest BCUT2D eigenvalue weighted by atomic mass is 16.4. The smallest absolute Gasteiger partial charge is 0.303 e. The average Bonchev–Trinajstić information content (AvgIpc) is 2.75. The van der Waals surface area contributed by atoms with Gasteiger partial charge >= 0.3 is 5.97 Å². The molecule has 4 heteroatoms. The van der Waals surface area contributed by atoms with Crippen LogP contribution in [0.2, 0.25) is 0 Å². The van der Waals surface area contributed by atoms with E-state index >= 15 is 0 Å². The molecule has 16 heavy (non-hydrogen) atoms. The number of nitrogens with one attached hydrogen (secondary N) is 1. The lowest BCUT2D eigenvalue weighted by atomic mass is 10.1. The van der Waals surface area contributed by atoms with E-state index in [2.05, 4.69) is 5.32 Å². The Balaban J connectivity index is 1.94. The SMILES string of the molecule is O=C(O)CCCCCNC(=O)C1CC=CC1. The molecule has 0 spiro atoms. The van der Waals surface area contributed by atoms with Crippen molar-refractivity contribution in [1.82, 2.24) is 5.32 Å². The van der Waals surface area contributed by atoms with Gasteiger partial charge in [-0.1, -0.05) is 18.6 Å². The molecule has 0 aromatic rings. The third-order valence-corrected chi connectivity index (χ3v) is 2.75. The normalized spacial score (nSPS) is 15.2. The van der Waals surface area contributed by atoms with Crippen LogP contribution >= 0.6 is 0 Å². The van der Waals surface area contributed by atoms with Gasteiger partial charge in [-0.15, -0.1) is 0 Å². The summed E-state index contributed by atoms with van der Waals surface area (Å²) in [4.78, 5) is 21.8. The van der Waals surface area contributed by atoms with Gasteiger partial charge < -0.3 is 10.4 Å². The van der Waals surface area contributed by atoms with E-state index in [1.54, 1.807) is 0 Å². The van der Waals surface area contributed by atoms with E-state index in [-0.39, 0.29) is 18.2 Å². The van der Waals surface area contributed by atoms with Crippen molar-refractivity contribution in [1.29, 1.82) is 0 Å². The van der Waals surface area contributed by atoms with Crippen LogP contribution in [0.15, 0.2) is 12.2 Å². The summed E-state index contributed by atoms with van der Waals surface area (Å²) in [6, 6.07) is 0. The molecule has 0 saturated carbocycles. The highest BCUT2D eigenvalue weighted by Gasteiger charge is 2.17. The minimum atomic E-state index is -0.749. The molecule has 90 valence electrons. The Bertz CT molecular complexity index is 265. The van der Waals surface area contributed by atoms with E-state index in [1.807, 2.05) is 12.2 Å². The summed E-state index contributed by atoms with van der Waals surface area (Å²) in [7, 11) is 0. The zero-order chi connectivity index (χ0) is 11.8. The maximum atomic E-state index is 11.5. The first-order valence-electron chi connectivity index (χ1n) is 5.84. The lowest BCUT2D eigenvalue weighted by Gasteiger charge is -2.09. The number of aliphatic carboxylic acids is 1. The Morgan fingerprint density at radius 3 is 2.50 bits per heavy atom. The predicted molar refractivity (Wildman–Crippen MR) is 61.0 cm³/mol. The quantitative estimate of drug-likeness (QED) is 0.512. The fourth-order valence-electron chi connectivity index (χ4n) is 1.77. The molecule has 1 aliphatic carbocycles. The van der Waals surface area contributed by atoms with Gasteiger partial charge in [-0.2, -0.15) is 0 Å². The fourth-order valence-corrected chi connectivity index (χ4v) is 1.77. The van der Waals surface area contributed by atoms with Crippen molar-refractivity contribution in [3.8, 4) is 0 Å². The largest absolute Gasteiger partial charge is 0.481 e. The molecule has 0 unspecified atom stereocenters. The number of allylic oxidation sites excluding steroid dienone is 2. The summed E-state index contributed by atoms with van der Waals surface area (Å²) in [6.07, 6.45) is 8.41. The van der Waals surface area contributed by atoms with E-state index < -0.39 is 5.97 Å². The Labute approximate surface area is 95.7 Å². The molecule has 0 saturated heterocycles. The van der Waals surface area contributed by atoms with Gasteiger partial charge in [-0.25, -0.2) is 0 Å². The van der Waals surface area contributed by atoms with E-state index in [4.69, 9.17) is 5.11 Å². The summed E-state index contributed by atoms with van der Waals surface area (Å²) in [5, 5.41) is 11.3. The van der Waals surface area contributed by atoms with E-state index in [9.17, 15) is 9.59 Å². The fraction of sp³-hybridized carbons (Fsp3) is 0.667. The first kappa shape index (κ1) is 12.7. The van der Waals surface area contributed by atoms with Gasteiger partial charge in [0.15, 0.2) is 0 Å². The second kappa shape index (κ2) is 7.04. The van der Waals surface area contributed by atoms with E-state index in [0.717, 1.165) is 25.7 Å². The molecule has 0 aromatic carbocycles. The van der Waals surface area contributed by atoms with Gasteiger partial charge in [-0.05, 0) is 25.7 Å². The van der Waals surface area contributed by atoms with Crippen molar-refractivity contribution < 1.29 is 14.7 Å². The molecule has 0 heterocycles. The van der Waals surface area contributed by atoms with Gasteiger partial charge in [-0.3, -0.25) is 9.59 Å². The monoisotopic (exact) mass is 225 g/mol. The van der Waals surface area contributed by atoms with Crippen molar-refractivity contribution in [2.75, 3.05) is 6.54 Å². The second-order valence-corrected chi connectivity index (χ2v) is 4.14. The first-order chi connectivity index (χ1) is 7.70. The number of carbonyl (C=O) groups excluding carboxylic acids is 1. The van der Waals surface area contributed by atoms with Crippen LogP contribution < -0.4 is 5.32 Å². The zero-order valence-electron chi connectivity index (χ0n) is 9.45. The van der Waals surface area contributed by atoms with Crippen LogP contribution in [0.25, 0.3) is 0 Å². The lowest BCUT2D eigenvalue weighted by Crippen LogP contribution is -2.30. The van der Waals surface area contributed by atoms with Gasteiger partial charge in [0.05, 0.1) is 0 Å². The summed E-state index contributed by atoms with van der Waals surface area (Å²) in [5.74, 6) is -0.497. The highest BCUT2D eigenvalue weighted by Crippen LogP contribution is 2.17. The van der Waals surface area contributed by atoms with Crippen molar-refractivity contribution >= 4 is 11.9 Å². The van der Waals surface area contributed by atoms with Crippen LogP contribution in [-0.2, 0) is 9.59 Å². The molecule has 0 atom stereocenters. The summed E-state index contributed by atoms with van der Waals surface area (Å²) >= 11 is 0. The van der Waals surface area contributed by atoms with Gasteiger partial charge in [0, 0.05) is 18.9 Å². The number of carboxylic acids is 1. The number of hydrogen-bond donors (Lipinski definition) is 2. The van der Waals surface area contributed by atoms with Crippen LogP contribution in [0.5, 0.6) is 0 Å². The molecule has 1 aliphatic rings.